The highest BCUT2D eigenvalue weighted by molar-refractivity contribution is 5.50. The number of ether oxygens (including phenoxy) is 2. The lowest BCUT2D eigenvalue weighted by Crippen LogP contribution is -2.40. The van der Waals surface area contributed by atoms with Gasteiger partial charge in [0.15, 0.2) is 12.3 Å². The smallest absolute Gasteiger partial charge is 0.302 e. The van der Waals surface area contributed by atoms with Crippen LogP contribution in [0.15, 0.2) is 108 Å². The molecule has 6 heteroatoms. The van der Waals surface area contributed by atoms with E-state index in [4.69, 9.17) is 9.47 Å². The highest BCUT2D eigenvalue weighted by Crippen LogP contribution is 2.48. The van der Waals surface area contributed by atoms with E-state index in [9.17, 15) is 9.90 Å². The van der Waals surface area contributed by atoms with Crippen LogP contribution in [0.4, 0.5) is 0 Å². The van der Waals surface area contributed by atoms with Crippen LogP contribution in [-0.2, 0) is 10.2 Å². The van der Waals surface area contributed by atoms with E-state index < -0.39 is 30.0 Å². The van der Waals surface area contributed by atoms with E-state index in [0.29, 0.717) is 6.42 Å². The highest BCUT2D eigenvalue weighted by atomic mass is 16.6. The maximum Gasteiger partial charge on any atom is 0.302 e. The summed E-state index contributed by atoms with van der Waals surface area (Å²) >= 11 is 0. The second-order valence-corrected chi connectivity index (χ2v) is 8.80. The maximum absolute atomic E-state index is 11.6. The van der Waals surface area contributed by atoms with Crippen molar-refractivity contribution in [2.45, 2.75) is 36.4 Å². The third-order valence-electron chi connectivity index (χ3n) is 6.94. The SMILES string of the molecule is O=c1ccn2c(n1)O[C@@H]1[C@H](O)[C@@H](CC(c3ccccc3)(c3ccccc3)c3ccccc3)O[C@@H]12. The number of aromatic nitrogens is 2. The molecule has 0 spiro atoms. The van der Waals surface area contributed by atoms with Gasteiger partial charge in [0.2, 0.25) is 0 Å². The van der Waals surface area contributed by atoms with Crippen molar-refractivity contribution >= 4 is 0 Å². The molecule has 0 unspecified atom stereocenters. The number of fused-ring (bicyclic) bond motifs is 3. The summed E-state index contributed by atoms with van der Waals surface area (Å²) in [5, 5.41) is 11.3. The second-order valence-electron chi connectivity index (χ2n) is 8.80. The van der Waals surface area contributed by atoms with Gasteiger partial charge in [-0.3, -0.25) is 9.36 Å². The lowest BCUT2D eigenvalue weighted by Gasteiger charge is -2.38. The Morgan fingerprint density at radius 2 is 1.35 bits per heavy atom. The first kappa shape index (κ1) is 20.8. The van der Waals surface area contributed by atoms with E-state index in [0.717, 1.165) is 16.7 Å². The molecule has 170 valence electrons. The molecule has 6 rings (SSSR count). The van der Waals surface area contributed by atoms with Crippen LogP contribution in [0.2, 0.25) is 0 Å². The molecule has 2 aliphatic heterocycles. The van der Waals surface area contributed by atoms with Crippen molar-refractivity contribution in [3.8, 4) is 6.01 Å². The normalized spacial score (nSPS) is 23.2. The molecule has 6 nitrogen and oxygen atoms in total. The molecule has 1 N–H and O–H groups in total. The molecule has 0 bridgehead atoms. The Bertz CT molecular complexity index is 1240. The van der Waals surface area contributed by atoms with Crippen molar-refractivity contribution in [2.24, 2.45) is 0 Å². The van der Waals surface area contributed by atoms with Gasteiger partial charge >= 0.3 is 6.01 Å². The van der Waals surface area contributed by atoms with Crippen molar-refractivity contribution < 1.29 is 14.6 Å². The number of hydrogen-bond acceptors (Lipinski definition) is 5. The van der Waals surface area contributed by atoms with Crippen LogP contribution in [-0.4, -0.2) is 33.0 Å². The number of aliphatic hydroxyl groups excluding tert-OH is 1. The quantitative estimate of drug-likeness (QED) is 0.468. The molecule has 3 aromatic carbocycles. The van der Waals surface area contributed by atoms with E-state index in [2.05, 4.69) is 41.4 Å². The molecule has 1 aromatic heterocycles. The topological polar surface area (TPSA) is 73.6 Å². The van der Waals surface area contributed by atoms with Crippen molar-refractivity contribution in [1.82, 2.24) is 9.55 Å². The van der Waals surface area contributed by atoms with Gasteiger partial charge < -0.3 is 14.6 Å². The molecule has 4 atom stereocenters. The molecule has 4 aromatic rings. The Kier molecular flexibility index (Phi) is 5.05. The third-order valence-corrected chi connectivity index (χ3v) is 6.94. The summed E-state index contributed by atoms with van der Waals surface area (Å²) in [6.45, 7) is 0. The summed E-state index contributed by atoms with van der Waals surface area (Å²) in [5.41, 5.74) is 2.41. The fraction of sp³-hybridized carbons (Fsp3) is 0.214. The van der Waals surface area contributed by atoms with Gasteiger partial charge in [-0.2, -0.15) is 4.98 Å². The second kappa shape index (κ2) is 8.24. The standard InChI is InChI=1S/C28H24N2O4/c31-23-16-17-30-26-25(34-27(30)29-23)24(32)22(33-26)18-28(19-10-4-1-5-11-19,20-12-6-2-7-13-20)21-14-8-3-9-15-21/h1-17,22,24-26,32H,18H2/t22-,24-,25-,26+/m1/s1. The van der Waals surface area contributed by atoms with Gasteiger partial charge in [0, 0.05) is 17.7 Å². The highest BCUT2D eigenvalue weighted by Gasteiger charge is 2.53. The van der Waals surface area contributed by atoms with Gasteiger partial charge in [0.25, 0.3) is 5.56 Å². The van der Waals surface area contributed by atoms with E-state index in [-0.39, 0.29) is 11.6 Å². The molecule has 1 saturated heterocycles. The van der Waals surface area contributed by atoms with Crippen LogP contribution in [0.1, 0.15) is 29.3 Å². The maximum atomic E-state index is 11.6. The zero-order valence-electron chi connectivity index (χ0n) is 18.4. The largest absolute Gasteiger partial charge is 0.453 e. The number of nitrogens with zero attached hydrogens (tertiary/aromatic N) is 2. The first-order valence-corrected chi connectivity index (χ1v) is 11.4. The van der Waals surface area contributed by atoms with Crippen LogP contribution in [0.5, 0.6) is 6.01 Å². The van der Waals surface area contributed by atoms with Crippen LogP contribution >= 0.6 is 0 Å². The molecule has 3 heterocycles. The summed E-state index contributed by atoms with van der Waals surface area (Å²) in [7, 11) is 0. The van der Waals surface area contributed by atoms with E-state index in [1.807, 2.05) is 54.6 Å². The lowest BCUT2D eigenvalue weighted by molar-refractivity contribution is -0.0271. The number of rotatable bonds is 5. The Balaban J connectivity index is 1.46. The number of benzene rings is 3. The minimum absolute atomic E-state index is 0.181. The van der Waals surface area contributed by atoms with Crippen LogP contribution in [0.25, 0.3) is 0 Å². The zero-order valence-corrected chi connectivity index (χ0v) is 18.4. The molecular formula is C28H24N2O4. The van der Waals surface area contributed by atoms with Gasteiger partial charge in [-0.25, -0.2) is 0 Å². The van der Waals surface area contributed by atoms with Crippen LogP contribution in [0.3, 0.4) is 0 Å². The Hall–Kier alpha value is -3.74. The van der Waals surface area contributed by atoms with Gasteiger partial charge in [-0.1, -0.05) is 91.0 Å². The summed E-state index contributed by atoms with van der Waals surface area (Å²) in [6, 6.07) is 32.6. The Morgan fingerprint density at radius 1 is 0.824 bits per heavy atom. The minimum Gasteiger partial charge on any atom is -0.453 e. The van der Waals surface area contributed by atoms with E-state index in [1.165, 1.54) is 6.07 Å². The Morgan fingerprint density at radius 3 is 1.88 bits per heavy atom. The van der Waals surface area contributed by atoms with Gasteiger partial charge in [-0.15, -0.1) is 0 Å². The van der Waals surface area contributed by atoms with Crippen molar-refractivity contribution in [3.63, 3.8) is 0 Å². The Labute approximate surface area is 197 Å². The monoisotopic (exact) mass is 452 g/mol. The number of hydrogen-bond donors (Lipinski definition) is 1. The molecule has 2 aliphatic rings. The summed E-state index contributed by atoms with van der Waals surface area (Å²) in [6.07, 6.45) is -0.447. The zero-order chi connectivity index (χ0) is 23.1. The predicted molar refractivity (Wildman–Crippen MR) is 127 cm³/mol. The summed E-state index contributed by atoms with van der Waals surface area (Å²) in [4.78, 5) is 15.6. The molecule has 34 heavy (non-hydrogen) atoms. The first-order chi connectivity index (χ1) is 16.7. The fourth-order valence-electron chi connectivity index (χ4n) is 5.36. The number of aliphatic hydroxyl groups is 1. The van der Waals surface area contributed by atoms with Gasteiger partial charge in [0.1, 0.15) is 6.10 Å². The van der Waals surface area contributed by atoms with Gasteiger partial charge in [0.05, 0.1) is 6.10 Å². The van der Waals surface area contributed by atoms with Crippen molar-refractivity contribution in [2.75, 3.05) is 0 Å². The molecule has 0 radical (unpaired) electrons. The van der Waals surface area contributed by atoms with E-state index in [1.54, 1.807) is 10.8 Å². The molecule has 0 amide bonds. The third kappa shape index (κ3) is 3.26. The summed E-state index contributed by atoms with van der Waals surface area (Å²) < 4.78 is 14.0. The van der Waals surface area contributed by atoms with Crippen molar-refractivity contribution in [1.29, 1.82) is 0 Å². The van der Waals surface area contributed by atoms with E-state index >= 15 is 0 Å². The first-order valence-electron chi connectivity index (χ1n) is 11.4. The lowest BCUT2D eigenvalue weighted by atomic mass is 9.66. The average Bonchev–Trinajstić information content (AvgIpc) is 3.39. The molecule has 0 aliphatic carbocycles. The molecule has 1 fully saturated rings. The van der Waals surface area contributed by atoms with Crippen molar-refractivity contribution in [3.05, 3.63) is 130 Å². The molecule has 0 saturated carbocycles. The van der Waals surface area contributed by atoms with Crippen LogP contribution < -0.4 is 10.3 Å². The van der Waals surface area contributed by atoms with Crippen LogP contribution in [0, 0.1) is 0 Å². The molecular weight excluding hydrogens is 428 g/mol. The predicted octanol–water partition coefficient (Wildman–Crippen LogP) is 3.69. The average molecular weight is 453 g/mol. The summed E-state index contributed by atoms with van der Waals surface area (Å²) in [5.74, 6) is 0. The minimum atomic E-state index is -0.891. The fourth-order valence-corrected chi connectivity index (χ4v) is 5.36. The van der Waals surface area contributed by atoms with Gasteiger partial charge in [-0.05, 0) is 23.1 Å².